The largest absolute Gasteiger partial charge is 0.378 e. The summed E-state index contributed by atoms with van der Waals surface area (Å²) in [6.07, 6.45) is 1.85. The molecular weight excluding hydrogens is 228 g/mol. The molecule has 1 amide bonds. The molecule has 2 rings (SSSR count). The number of hydrogen-bond donors (Lipinski definition) is 0. The summed E-state index contributed by atoms with van der Waals surface area (Å²) < 4.78 is 5.55. The molecule has 2 heterocycles. The monoisotopic (exact) mass is 248 g/mol. The van der Waals surface area contributed by atoms with Gasteiger partial charge in [-0.2, -0.15) is 0 Å². The lowest BCUT2D eigenvalue weighted by molar-refractivity contribution is -0.130. The number of pyridine rings is 1. The van der Waals surface area contributed by atoms with E-state index in [4.69, 9.17) is 4.74 Å². The minimum absolute atomic E-state index is 0.00138. The van der Waals surface area contributed by atoms with Crippen molar-refractivity contribution in [2.45, 2.75) is 32.8 Å². The second-order valence-corrected chi connectivity index (χ2v) is 4.86. The Morgan fingerprint density at radius 1 is 1.50 bits per heavy atom. The van der Waals surface area contributed by atoms with Gasteiger partial charge in [0.2, 0.25) is 5.91 Å². The highest BCUT2D eigenvalue weighted by Gasteiger charge is 2.31. The van der Waals surface area contributed by atoms with Crippen LogP contribution in [0.3, 0.4) is 0 Å². The summed E-state index contributed by atoms with van der Waals surface area (Å²) >= 11 is 0. The molecule has 1 aliphatic rings. The summed E-state index contributed by atoms with van der Waals surface area (Å²) in [4.78, 5) is 18.4. The van der Waals surface area contributed by atoms with Gasteiger partial charge in [0.25, 0.3) is 0 Å². The van der Waals surface area contributed by atoms with Crippen molar-refractivity contribution >= 4 is 11.7 Å². The van der Waals surface area contributed by atoms with Crippen LogP contribution < -0.4 is 4.90 Å². The summed E-state index contributed by atoms with van der Waals surface area (Å²) in [6.45, 7) is 4.66. The van der Waals surface area contributed by atoms with E-state index in [1.54, 1.807) is 11.9 Å². The number of anilines is 1. The average Bonchev–Trinajstić information content (AvgIpc) is 2.37. The molecule has 98 valence electrons. The molecule has 2 atom stereocenters. The Bertz CT molecular complexity index is 434. The van der Waals surface area contributed by atoms with Crippen molar-refractivity contribution in [3.63, 3.8) is 0 Å². The highest BCUT2D eigenvalue weighted by atomic mass is 16.5. The highest BCUT2D eigenvalue weighted by molar-refractivity contribution is 5.94. The molecule has 1 aliphatic heterocycles. The van der Waals surface area contributed by atoms with Gasteiger partial charge >= 0.3 is 0 Å². The molecule has 0 spiro atoms. The minimum Gasteiger partial charge on any atom is -0.378 e. The van der Waals surface area contributed by atoms with E-state index in [2.05, 4.69) is 4.98 Å². The third kappa shape index (κ3) is 2.70. The molecule has 0 radical (unpaired) electrons. The zero-order chi connectivity index (χ0) is 13.1. The van der Waals surface area contributed by atoms with Crippen LogP contribution in [0.5, 0.6) is 0 Å². The molecule has 4 heteroatoms. The van der Waals surface area contributed by atoms with Crippen LogP contribution in [-0.2, 0) is 9.53 Å². The van der Waals surface area contributed by atoms with Crippen molar-refractivity contribution in [2.75, 3.05) is 18.6 Å². The topological polar surface area (TPSA) is 42.4 Å². The Kier molecular flexibility index (Phi) is 3.97. The molecule has 0 bridgehead atoms. The molecule has 0 N–H and O–H groups in total. The number of amides is 1. The number of aryl methyl sites for hydroxylation is 1. The predicted molar refractivity (Wildman–Crippen MR) is 70.5 cm³/mol. The van der Waals surface area contributed by atoms with Gasteiger partial charge in [-0.3, -0.25) is 9.69 Å². The quantitative estimate of drug-likeness (QED) is 0.805. The minimum atomic E-state index is -0.0499. The summed E-state index contributed by atoms with van der Waals surface area (Å²) in [5.41, 5.74) is 0.917. The fraction of sp³-hybridized carbons (Fsp3) is 0.571. The van der Waals surface area contributed by atoms with Gasteiger partial charge in [0.15, 0.2) is 0 Å². The van der Waals surface area contributed by atoms with Crippen LogP contribution in [0.15, 0.2) is 18.2 Å². The molecule has 1 aromatic rings. The van der Waals surface area contributed by atoms with Crippen molar-refractivity contribution in [1.29, 1.82) is 0 Å². The first kappa shape index (κ1) is 13.0. The van der Waals surface area contributed by atoms with Crippen molar-refractivity contribution in [3.05, 3.63) is 23.9 Å². The van der Waals surface area contributed by atoms with Crippen molar-refractivity contribution < 1.29 is 9.53 Å². The van der Waals surface area contributed by atoms with Crippen LogP contribution in [-0.4, -0.2) is 30.6 Å². The second kappa shape index (κ2) is 5.48. The number of carbonyl (C=O) groups excluding carboxylic acids is 1. The average molecular weight is 248 g/mol. The van der Waals surface area contributed by atoms with Gasteiger partial charge in [-0.1, -0.05) is 6.07 Å². The fourth-order valence-electron chi connectivity index (χ4n) is 2.32. The Morgan fingerprint density at radius 3 is 2.94 bits per heavy atom. The molecular formula is C14H20N2O2. The van der Waals surface area contributed by atoms with Gasteiger partial charge in [0, 0.05) is 19.3 Å². The Labute approximate surface area is 108 Å². The normalized spacial score (nSPS) is 23.7. The standard InChI is InChI=1S/C14H20N2O2/c1-10-6-4-8-13(15-10)16(3)14(17)12-7-5-9-18-11(12)2/h4,6,8,11-12H,5,7,9H2,1-3H3/t11-,12-/m1/s1. The molecule has 4 nitrogen and oxygen atoms in total. The molecule has 0 unspecified atom stereocenters. The number of ether oxygens (including phenoxy) is 1. The number of carbonyl (C=O) groups is 1. The van der Waals surface area contributed by atoms with E-state index in [0.717, 1.165) is 25.1 Å². The first-order valence-corrected chi connectivity index (χ1v) is 6.42. The zero-order valence-electron chi connectivity index (χ0n) is 11.2. The lowest BCUT2D eigenvalue weighted by Gasteiger charge is -2.31. The summed E-state index contributed by atoms with van der Waals surface area (Å²) in [7, 11) is 1.78. The maximum atomic E-state index is 12.4. The van der Waals surface area contributed by atoms with Crippen LogP contribution in [0.2, 0.25) is 0 Å². The molecule has 0 saturated carbocycles. The van der Waals surface area contributed by atoms with E-state index in [-0.39, 0.29) is 17.9 Å². The smallest absolute Gasteiger partial charge is 0.233 e. The van der Waals surface area contributed by atoms with Gasteiger partial charge in [0.05, 0.1) is 12.0 Å². The van der Waals surface area contributed by atoms with Gasteiger partial charge < -0.3 is 4.74 Å². The van der Waals surface area contributed by atoms with E-state index < -0.39 is 0 Å². The van der Waals surface area contributed by atoms with Crippen LogP contribution >= 0.6 is 0 Å². The van der Waals surface area contributed by atoms with Gasteiger partial charge in [-0.25, -0.2) is 4.98 Å². The van der Waals surface area contributed by atoms with Crippen LogP contribution in [0, 0.1) is 12.8 Å². The van der Waals surface area contributed by atoms with Crippen molar-refractivity contribution in [2.24, 2.45) is 5.92 Å². The zero-order valence-corrected chi connectivity index (χ0v) is 11.2. The Hall–Kier alpha value is -1.42. The number of rotatable bonds is 2. The van der Waals surface area contributed by atoms with E-state index in [1.807, 2.05) is 32.0 Å². The number of aromatic nitrogens is 1. The van der Waals surface area contributed by atoms with E-state index in [0.29, 0.717) is 5.82 Å². The second-order valence-electron chi connectivity index (χ2n) is 4.86. The van der Waals surface area contributed by atoms with Crippen LogP contribution in [0.25, 0.3) is 0 Å². The lowest BCUT2D eigenvalue weighted by atomic mass is 9.94. The van der Waals surface area contributed by atoms with Crippen LogP contribution in [0.1, 0.15) is 25.5 Å². The predicted octanol–water partition coefficient (Wildman–Crippen LogP) is 2.17. The molecule has 0 aliphatic carbocycles. The van der Waals surface area contributed by atoms with Gasteiger partial charge in [-0.15, -0.1) is 0 Å². The molecule has 1 saturated heterocycles. The summed E-state index contributed by atoms with van der Waals surface area (Å²) in [6, 6.07) is 5.70. The third-order valence-electron chi connectivity index (χ3n) is 3.47. The van der Waals surface area contributed by atoms with Gasteiger partial charge in [-0.05, 0) is 38.8 Å². The maximum Gasteiger partial charge on any atom is 0.233 e. The summed E-state index contributed by atoms with van der Waals surface area (Å²) in [5.74, 6) is 0.754. The maximum absolute atomic E-state index is 12.4. The molecule has 18 heavy (non-hydrogen) atoms. The van der Waals surface area contributed by atoms with E-state index in [9.17, 15) is 4.79 Å². The number of hydrogen-bond acceptors (Lipinski definition) is 3. The van der Waals surface area contributed by atoms with E-state index in [1.165, 1.54) is 0 Å². The first-order valence-electron chi connectivity index (χ1n) is 6.42. The Morgan fingerprint density at radius 2 is 2.28 bits per heavy atom. The van der Waals surface area contributed by atoms with Crippen molar-refractivity contribution in [3.8, 4) is 0 Å². The molecule has 0 aromatic carbocycles. The first-order chi connectivity index (χ1) is 8.59. The molecule has 1 aromatic heterocycles. The summed E-state index contributed by atoms with van der Waals surface area (Å²) in [5, 5.41) is 0. The molecule has 1 fully saturated rings. The number of nitrogens with zero attached hydrogens (tertiary/aromatic N) is 2. The SMILES string of the molecule is Cc1cccc(N(C)C(=O)[C@@H]2CCCO[C@@H]2C)n1. The van der Waals surface area contributed by atoms with Crippen molar-refractivity contribution in [1.82, 2.24) is 4.98 Å². The van der Waals surface area contributed by atoms with Gasteiger partial charge in [0.1, 0.15) is 5.82 Å². The highest BCUT2D eigenvalue weighted by Crippen LogP contribution is 2.24. The fourth-order valence-corrected chi connectivity index (χ4v) is 2.32. The lowest BCUT2D eigenvalue weighted by Crippen LogP contribution is -2.41. The third-order valence-corrected chi connectivity index (χ3v) is 3.47. The van der Waals surface area contributed by atoms with Crippen LogP contribution in [0.4, 0.5) is 5.82 Å². The van der Waals surface area contributed by atoms with E-state index >= 15 is 0 Å². The Balaban J connectivity index is 2.13.